The van der Waals surface area contributed by atoms with Gasteiger partial charge in [-0.15, -0.1) is 0 Å². The van der Waals surface area contributed by atoms with Crippen LogP contribution < -0.4 is 0 Å². The molecule has 0 aromatic carbocycles. The van der Waals surface area contributed by atoms with E-state index in [0.29, 0.717) is 6.92 Å². The van der Waals surface area contributed by atoms with Gasteiger partial charge in [0.15, 0.2) is 0 Å². The molecule has 0 amide bonds. The van der Waals surface area contributed by atoms with Gasteiger partial charge < -0.3 is 9.26 Å². The summed E-state index contributed by atoms with van der Waals surface area (Å²) in [4.78, 5) is 10.5. The van der Waals surface area contributed by atoms with E-state index in [1.165, 1.54) is 6.92 Å². The molecule has 0 spiro atoms. The number of ether oxygens (including phenoxy) is 1. The molecular weight excluding hydrogens is 288 g/mol. The molecule has 0 radical (unpaired) electrons. The number of sulfone groups is 1. The fourth-order valence-corrected chi connectivity index (χ4v) is 3.53. The van der Waals surface area contributed by atoms with Crippen LogP contribution in [0.4, 0.5) is 13.2 Å². The SMILES string of the molecule is CCO[PH](=O)C(OC(C)=O)S(=O)(=O)C(F)(F)F. The van der Waals surface area contributed by atoms with Crippen LogP contribution in [0.5, 0.6) is 0 Å². The first-order valence-electron chi connectivity index (χ1n) is 4.18. The van der Waals surface area contributed by atoms with E-state index >= 15 is 0 Å². The first kappa shape index (κ1) is 16.4. The molecule has 0 rings (SSSR count). The number of carbonyl (C=O) groups excluding carboxylic acids is 1. The maximum atomic E-state index is 12.2. The molecule has 0 N–H and O–H groups in total. The summed E-state index contributed by atoms with van der Waals surface area (Å²) in [5.41, 5.74) is -5.68. The zero-order valence-electron chi connectivity index (χ0n) is 8.78. The average molecular weight is 298 g/mol. The van der Waals surface area contributed by atoms with Gasteiger partial charge in [0.05, 0.1) is 6.61 Å². The summed E-state index contributed by atoms with van der Waals surface area (Å²) in [5, 5.41) is -2.84. The lowest BCUT2D eigenvalue weighted by Gasteiger charge is -2.18. The highest BCUT2D eigenvalue weighted by Gasteiger charge is 2.55. The molecule has 102 valence electrons. The number of hydrogen-bond donors (Lipinski definition) is 0. The third-order valence-corrected chi connectivity index (χ3v) is 5.25. The Morgan fingerprint density at radius 3 is 2.18 bits per heavy atom. The Morgan fingerprint density at radius 2 is 1.88 bits per heavy atom. The number of rotatable bonds is 5. The molecule has 0 aliphatic rings. The molecule has 2 unspecified atom stereocenters. The lowest BCUT2D eigenvalue weighted by Crippen LogP contribution is -2.35. The van der Waals surface area contributed by atoms with Crippen LogP contribution in [0.15, 0.2) is 0 Å². The van der Waals surface area contributed by atoms with Crippen LogP contribution >= 0.6 is 8.03 Å². The largest absolute Gasteiger partial charge is 0.501 e. The monoisotopic (exact) mass is 298 g/mol. The first-order chi connectivity index (χ1) is 7.54. The Hall–Kier alpha value is -0.600. The zero-order chi connectivity index (χ0) is 13.9. The molecular formula is C6H10F3O6PS. The minimum absolute atomic E-state index is 0.275. The molecule has 17 heavy (non-hydrogen) atoms. The van der Waals surface area contributed by atoms with Crippen molar-refractivity contribution in [1.29, 1.82) is 0 Å². The normalized spacial score (nSPS) is 16.3. The quantitative estimate of drug-likeness (QED) is 0.561. The second kappa shape index (κ2) is 5.83. The van der Waals surface area contributed by atoms with Crippen molar-refractivity contribution in [3.63, 3.8) is 0 Å². The van der Waals surface area contributed by atoms with E-state index in [-0.39, 0.29) is 6.61 Å². The number of esters is 1. The Morgan fingerprint density at radius 1 is 1.41 bits per heavy atom. The van der Waals surface area contributed by atoms with Gasteiger partial charge in [0.2, 0.25) is 8.03 Å². The molecule has 11 heteroatoms. The predicted molar refractivity (Wildman–Crippen MR) is 51.2 cm³/mol. The van der Waals surface area contributed by atoms with Gasteiger partial charge in [0, 0.05) is 6.92 Å². The second-order valence-electron chi connectivity index (χ2n) is 2.68. The molecule has 0 heterocycles. The van der Waals surface area contributed by atoms with Crippen molar-refractivity contribution in [2.45, 2.75) is 24.5 Å². The van der Waals surface area contributed by atoms with Gasteiger partial charge in [-0.05, 0) is 6.92 Å². The van der Waals surface area contributed by atoms with Crippen molar-refractivity contribution >= 4 is 23.8 Å². The van der Waals surface area contributed by atoms with E-state index in [2.05, 4.69) is 9.26 Å². The Labute approximate surface area is 95.9 Å². The van der Waals surface area contributed by atoms with Crippen molar-refractivity contribution in [3.05, 3.63) is 0 Å². The van der Waals surface area contributed by atoms with Crippen LogP contribution in [0.2, 0.25) is 0 Å². The molecule has 0 aromatic heterocycles. The molecule has 0 saturated carbocycles. The molecule has 0 fully saturated rings. The maximum absolute atomic E-state index is 12.2. The van der Waals surface area contributed by atoms with Crippen LogP contribution in [-0.4, -0.2) is 31.7 Å². The Kier molecular flexibility index (Phi) is 5.63. The van der Waals surface area contributed by atoms with Crippen molar-refractivity contribution in [2.75, 3.05) is 6.61 Å². The van der Waals surface area contributed by atoms with Gasteiger partial charge in [-0.3, -0.25) is 9.36 Å². The van der Waals surface area contributed by atoms with Gasteiger partial charge in [0.1, 0.15) is 0 Å². The highest BCUT2D eigenvalue weighted by Crippen LogP contribution is 2.40. The van der Waals surface area contributed by atoms with Crippen LogP contribution in [0, 0.1) is 0 Å². The second-order valence-corrected chi connectivity index (χ2v) is 6.53. The molecule has 0 aliphatic heterocycles. The lowest BCUT2D eigenvalue weighted by atomic mass is 10.8. The van der Waals surface area contributed by atoms with Crippen molar-refractivity contribution in [3.8, 4) is 0 Å². The third-order valence-electron chi connectivity index (χ3n) is 1.36. The molecule has 6 nitrogen and oxygen atoms in total. The molecule has 0 aliphatic carbocycles. The third kappa shape index (κ3) is 4.29. The first-order valence-corrected chi connectivity index (χ1v) is 7.12. The molecule has 0 aromatic rings. The highest BCUT2D eigenvalue weighted by atomic mass is 32.2. The summed E-state index contributed by atoms with van der Waals surface area (Å²) in [7, 11) is -9.60. The minimum Gasteiger partial charge on any atom is -0.435 e. The summed E-state index contributed by atoms with van der Waals surface area (Å²) >= 11 is 0. The van der Waals surface area contributed by atoms with Gasteiger partial charge in [-0.25, -0.2) is 8.42 Å². The van der Waals surface area contributed by atoms with Crippen molar-refractivity contribution in [2.24, 2.45) is 0 Å². The van der Waals surface area contributed by atoms with E-state index in [4.69, 9.17) is 0 Å². The van der Waals surface area contributed by atoms with Crippen LogP contribution in [0.25, 0.3) is 0 Å². The Balaban J connectivity index is 5.34. The van der Waals surface area contributed by atoms with Gasteiger partial charge >= 0.3 is 11.5 Å². The van der Waals surface area contributed by atoms with E-state index < -0.39 is 34.5 Å². The highest BCUT2D eigenvalue weighted by molar-refractivity contribution is 7.97. The smallest absolute Gasteiger partial charge is 0.435 e. The van der Waals surface area contributed by atoms with Crippen LogP contribution in [0.1, 0.15) is 13.8 Å². The zero-order valence-corrected chi connectivity index (χ0v) is 10.6. The molecule has 0 bridgehead atoms. The predicted octanol–water partition coefficient (Wildman–Crippen LogP) is 1.28. The summed E-state index contributed by atoms with van der Waals surface area (Å²) in [6.45, 7) is 1.72. The van der Waals surface area contributed by atoms with Gasteiger partial charge in [-0.1, -0.05) is 0 Å². The topological polar surface area (TPSA) is 86.7 Å². The standard InChI is InChI=1S/C6H10F3O6PS/c1-3-14-16(11)5(15-4(2)10)17(12,13)6(7,8)9/h5,16H,3H2,1-2H3. The maximum Gasteiger partial charge on any atom is 0.501 e. The summed E-state index contributed by atoms with van der Waals surface area (Å²) in [6, 6.07) is 0. The number of hydrogen-bond acceptors (Lipinski definition) is 6. The number of halogens is 3. The molecule has 2 atom stereocenters. The minimum atomic E-state index is -5.89. The van der Waals surface area contributed by atoms with Gasteiger partial charge in [0.25, 0.3) is 15.0 Å². The van der Waals surface area contributed by atoms with Crippen molar-refractivity contribution in [1.82, 2.24) is 0 Å². The number of carbonyl (C=O) groups is 1. The van der Waals surface area contributed by atoms with Crippen molar-refractivity contribution < 1.29 is 40.2 Å². The lowest BCUT2D eigenvalue weighted by molar-refractivity contribution is -0.140. The van der Waals surface area contributed by atoms with Crippen LogP contribution in [0.3, 0.4) is 0 Å². The van der Waals surface area contributed by atoms with Crippen LogP contribution in [-0.2, 0) is 28.5 Å². The van der Waals surface area contributed by atoms with Gasteiger partial charge in [-0.2, -0.15) is 13.2 Å². The fraction of sp³-hybridized carbons (Fsp3) is 0.833. The molecule has 0 saturated heterocycles. The summed E-state index contributed by atoms with van der Waals surface area (Å²) in [6.07, 6.45) is 0. The number of alkyl halides is 3. The Bertz CT molecular complexity index is 402. The fourth-order valence-electron chi connectivity index (χ4n) is 0.721. The summed E-state index contributed by atoms with van der Waals surface area (Å²) < 4.78 is 77.8. The van der Waals surface area contributed by atoms with E-state index in [1.807, 2.05) is 0 Å². The average Bonchev–Trinajstić information content (AvgIpc) is 2.12. The summed E-state index contributed by atoms with van der Waals surface area (Å²) in [5.74, 6) is -1.30. The van der Waals surface area contributed by atoms with E-state index in [0.717, 1.165) is 0 Å². The van der Waals surface area contributed by atoms with E-state index in [1.54, 1.807) is 0 Å². The van der Waals surface area contributed by atoms with E-state index in [9.17, 15) is 30.9 Å².